The van der Waals surface area contributed by atoms with Crippen LogP contribution in [-0.4, -0.2) is 35.0 Å². The molecule has 7 heteroatoms. The molecule has 1 saturated heterocycles. The lowest BCUT2D eigenvalue weighted by atomic mass is 10.0. The van der Waals surface area contributed by atoms with Crippen LogP contribution in [0.3, 0.4) is 0 Å². The maximum atomic E-state index is 13.6. The van der Waals surface area contributed by atoms with Gasteiger partial charge in [-0.15, -0.1) is 0 Å². The maximum Gasteiger partial charge on any atom is 0.420 e. The van der Waals surface area contributed by atoms with Crippen molar-refractivity contribution < 1.29 is 13.6 Å². The predicted molar refractivity (Wildman–Crippen MR) is 100 cm³/mol. The quantitative estimate of drug-likeness (QED) is 0.768. The highest BCUT2D eigenvalue weighted by molar-refractivity contribution is 5.92. The number of hydrogen-bond donors (Lipinski definition) is 1. The highest BCUT2D eigenvalue weighted by Gasteiger charge is 2.25. The number of carbonyl (C=O) groups is 1. The molecule has 27 heavy (non-hydrogen) atoms. The van der Waals surface area contributed by atoms with E-state index in [1.54, 1.807) is 22.8 Å². The SMILES string of the molecule is O=C(CN1CCC(n2c(=O)oc3ccccc32)CC1)Nc1ccccc1F. The van der Waals surface area contributed by atoms with Crippen molar-refractivity contribution in [3.05, 3.63) is 64.9 Å². The number of anilines is 1. The van der Waals surface area contributed by atoms with Crippen LogP contribution in [0.5, 0.6) is 0 Å². The van der Waals surface area contributed by atoms with E-state index in [-0.39, 0.29) is 29.9 Å². The molecule has 0 spiro atoms. The van der Waals surface area contributed by atoms with Crippen LogP contribution in [0.25, 0.3) is 11.1 Å². The second kappa shape index (κ2) is 7.36. The second-order valence-electron chi connectivity index (χ2n) is 6.74. The molecule has 0 radical (unpaired) electrons. The summed E-state index contributed by atoms with van der Waals surface area (Å²) in [5.74, 6) is -1.04. The van der Waals surface area contributed by atoms with E-state index in [9.17, 15) is 14.0 Å². The summed E-state index contributed by atoms with van der Waals surface area (Å²) in [6.45, 7) is 1.56. The van der Waals surface area contributed by atoms with Crippen molar-refractivity contribution in [3.8, 4) is 0 Å². The minimum Gasteiger partial charge on any atom is -0.408 e. The lowest BCUT2D eigenvalue weighted by Gasteiger charge is -2.31. The first-order valence-electron chi connectivity index (χ1n) is 8.98. The standard InChI is InChI=1S/C20H20FN3O3/c21-15-5-1-2-6-16(15)22-19(25)13-23-11-9-14(10-12-23)24-17-7-3-4-8-18(17)27-20(24)26/h1-8,14H,9-13H2,(H,22,25). The fourth-order valence-corrected chi connectivity index (χ4v) is 3.62. The van der Waals surface area contributed by atoms with Gasteiger partial charge in [0.1, 0.15) is 5.82 Å². The van der Waals surface area contributed by atoms with Gasteiger partial charge in [0.25, 0.3) is 0 Å². The number of piperidine rings is 1. The number of benzene rings is 2. The van der Waals surface area contributed by atoms with Crippen LogP contribution in [0.2, 0.25) is 0 Å². The summed E-state index contributed by atoms with van der Waals surface area (Å²) in [5.41, 5.74) is 1.58. The van der Waals surface area contributed by atoms with Crippen molar-refractivity contribution >= 4 is 22.7 Å². The van der Waals surface area contributed by atoms with Crippen LogP contribution in [-0.2, 0) is 4.79 Å². The number of aromatic nitrogens is 1. The molecule has 0 unspecified atom stereocenters. The Balaban J connectivity index is 1.38. The molecular formula is C20H20FN3O3. The summed E-state index contributed by atoms with van der Waals surface area (Å²) in [7, 11) is 0. The molecule has 1 aromatic heterocycles. The first kappa shape index (κ1) is 17.5. The predicted octanol–water partition coefficient (Wildman–Crippen LogP) is 3.01. The molecule has 1 aliphatic heterocycles. The zero-order valence-corrected chi connectivity index (χ0v) is 14.7. The summed E-state index contributed by atoms with van der Waals surface area (Å²) in [4.78, 5) is 26.4. The maximum absolute atomic E-state index is 13.6. The lowest BCUT2D eigenvalue weighted by molar-refractivity contribution is -0.117. The zero-order chi connectivity index (χ0) is 18.8. The van der Waals surface area contributed by atoms with Crippen molar-refractivity contribution in [2.24, 2.45) is 0 Å². The normalized spacial score (nSPS) is 15.9. The van der Waals surface area contributed by atoms with Crippen LogP contribution in [0.1, 0.15) is 18.9 Å². The molecule has 140 valence electrons. The first-order chi connectivity index (χ1) is 13.1. The molecule has 0 aliphatic carbocycles. The van der Waals surface area contributed by atoms with E-state index in [0.717, 1.165) is 18.4 Å². The first-order valence-corrected chi connectivity index (χ1v) is 8.98. The number of carbonyl (C=O) groups excluding carboxylic acids is 1. The molecule has 2 heterocycles. The van der Waals surface area contributed by atoms with Gasteiger partial charge < -0.3 is 9.73 Å². The van der Waals surface area contributed by atoms with Gasteiger partial charge in [-0.3, -0.25) is 14.3 Å². The van der Waals surface area contributed by atoms with E-state index in [1.807, 2.05) is 23.1 Å². The minimum absolute atomic E-state index is 0.0482. The fourth-order valence-electron chi connectivity index (χ4n) is 3.62. The third kappa shape index (κ3) is 3.64. The van der Waals surface area contributed by atoms with E-state index < -0.39 is 5.82 Å². The molecule has 2 aromatic carbocycles. The minimum atomic E-state index is -0.448. The molecular weight excluding hydrogens is 349 g/mol. The van der Waals surface area contributed by atoms with Gasteiger partial charge in [-0.25, -0.2) is 9.18 Å². The van der Waals surface area contributed by atoms with Gasteiger partial charge >= 0.3 is 5.76 Å². The number of nitrogens with one attached hydrogen (secondary N) is 1. The van der Waals surface area contributed by atoms with Crippen LogP contribution < -0.4 is 11.1 Å². The second-order valence-corrected chi connectivity index (χ2v) is 6.74. The Labute approximate surface area is 155 Å². The van der Waals surface area contributed by atoms with Gasteiger partial charge in [0.15, 0.2) is 5.58 Å². The van der Waals surface area contributed by atoms with Gasteiger partial charge in [-0.1, -0.05) is 24.3 Å². The van der Waals surface area contributed by atoms with E-state index in [2.05, 4.69) is 5.32 Å². The van der Waals surface area contributed by atoms with E-state index in [1.165, 1.54) is 12.1 Å². The Bertz CT molecular complexity index is 1020. The van der Waals surface area contributed by atoms with Crippen molar-refractivity contribution in [2.75, 3.05) is 25.0 Å². The number of likely N-dealkylation sites (tertiary alicyclic amines) is 1. The molecule has 1 amide bonds. The van der Waals surface area contributed by atoms with Crippen LogP contribution in [0.4, 0.5) is 10.1 Å². The Hall–Kier alpha value is -2.93. The average molecular weight is 369 g/mol. The van der Waals surface area contributed by atoms with Crippen molar-refractivity contribution in [3.63, 3.8) is 0 Å². The number of nitrogens with zero attached hydrogens (tertiary/aromatic N) is 2. The summed E-state index contributed by atoms with van der Waals surface area (Å²) >= 11 is 0. The smallest absolute Gasteiger partial charge is 0.408 e. The number of halogens is 1. The number of hydrogen-bond acceptors (Lipinski definition) is 4. The molecule has 0 saturated carbocycles. The highest BCUT2D eigenvalue weighted by atomic mass is 19.1. The summed E-state index contributed by atoms with van der Waals surface area (Å²) in [6, 6.07) is 13.6. The third-order valence-corrected chi connectivity index (χ3v) is 4.96. The average Bonchev–Trinajstić information content (AvgIpc) is 3.00. The van der Waals surface area contributed by atoms with Crippen molar-refractivity contribution in [1.82, 2.24) is 9.47 Å². The van der Waals surface area contributed by atoms with Crippen LogP contribution in [0.15, 0.2) is 57.7 Å². The molecule has 1 aliphatic rings. The van der Waals surface area contributed by atoms with Gasteiger partial charge in [-0.2, -0.15) is 0 Å². The van der Waals surface area contributed by atoms with Gasteiger partial charge in [0, 0.05) is 19.1 Å². The van der Waals surface area contributed by atoms with E-state index in [4.69, 9.17) is 4.42 Å². The summed E-state index contributed by atoms with van der Waals surface area (Å²) in [5, 5.41) is 2.60. The van der Waals surface area contributed by atoms with Gasteiger partial charge in [-0.05, 0) is 37.1 Å². The lowest BCUT2D eigenvalue weighted by Crippen LogP contribution is -2.40. The van der Waals surface area contributed by atoms with Crippen molar-refractivity contribution in [1.29, 1.82) is 0 Å². The third-order valence-electron chi connectivity index (χ3n) is 4.96. The Morgan fingerprint density at radius 3 is 2.59 bits per heavy atom. The Morgan fingerprint density at radius 1 is 1.11 bits per heavy atom. The number of amides is 1. The molecule has 6 nitrogen and oxygen atoms in total. The monoisotopic (exact) mass is 369 g/mol. The van der Waals surface area contributed by atoms with Crippen LogP contribution >= 0.6 is 0 Å². The molecule has 1 N–H and O–H groups in total. The Morgan fingerprint density at radius 2 is 1.81 bits per heavy atom. The topological polar surface area (TPSA) is 67.5 Å². The summed E-state index contributed by atoms with van der Waals surface area (Å²) in [6.07, 6.45) is 1.49. The Kier molecular flexibility index (Phi) is 4.77. The molecule has 0 atom stereocenters. The largest absolute Gasteiger partial charge is 0.420 e. The highest BCUT2D eigenvalue weighted by Crippen LogP contribution is 2.25. The number of rotatable bonds is 4. The van der Waals surface area contributed by atoms with E-state index >= 15 is 0 Å². The van der Waals surface area contributed by atoms with Crippen molar-refractivity contribution in [2.45, 2.75) is 18.9 Å². The number of fused-ring (bicyclic) bond motifs is 1. The van der Waals surface area contributed by atoms with Gasteiger partial charge in [0.05, 0.1) is 17.7 Å². The number of para-hydroxylation sites is 3. The molecule has 4 rings (SSSR count). The zero-order valence-electron chi connectivity index (χ0n) is 14.7. The molecule has 1 fully saturated rings. The fraction of sp³-hybridized carbons (Fsp3) is 0.300. The van der Waals surface area contributed by atoms with E-state index in [0.29, 0.717) is 18.7 Å². The van der Waals surface area contributed by atoms with Crippen LogP contribution in [0, 0.1) is 5.82 Å². The molecule has 3 aromatic rings. The summed E-state index contributed by atoms with van der Waals surface area (Å²) < 4.78 is 20.7. The molecule has 0 bridgehead atoms. The van der Waals surface area contributed by atoms with Gasteiger partial charge in [0.2, 0.25) is 5.91 Å². The number of oxazole rings is 1.